The molecular formula is C22H18N4O4. The zero-order valence-corrected chi connectivity index (χ0v) is 15.9. The minimum Gasteiger partial charge on any atom is -0.410 e. The highest BCUT2D eigenvalue weighted by Gasteiger charge is 2.26. The van der Waals surface area contributed by atoms with Gasteiger partial charge in [-0.3, -0.25) is 19.5 Å². The molecule has 1 aliphatic heterocycles. The molecule has 2 N–H and O–H groups in total. The van der Waals surface area contributed by atoms with Crippen LogP contribution in [0.1, 0.15) is 15.9 Å². The van der Waals surface area contributed by atoms with Crippen molar-refractivity contribution in [1.29, 1.82) is 0 Å². The molecule has 0 radical (unpaired) electrons. The zero-order chi connectivity index (χ0) is 20.9. The molecule has 0 fully saturated rings. The average molecular weight is 402 g/mol. The molecule has 30 heavy (non-hydrogen) atoms. The molecule has 0 saturated carbocycles. The van der Waals surface area contributed by atoms with Gasteiger partial charge in [-0.15, -0.1) is 0 Å². The van der Waals surface area contributed by atoms with Crippen LogP contribution >= 0.6 is 0 Å². The third kappa shape index (κ3) is 4.44. The number of hydrogen-bond acceptors (Lipinski definition) is 5. The molecule has 1 aromatic heterocycles. The second-order valence-corrected chi connectivity index (χ2v) is 6.65. The lowest BCUT2D eigenvalue weighted by Gasteiger charge is -2.27. The van der Waals surface area contributed by atoms with Gasteiger partial charge in [-0.1, -0.05) is 24.3 Å². The SMILES string of the molecule is O=C(CN1Cc2ccccc2OC1=O)Nc1cccc(C(=O)Nc2ccncc2)c1. The van der Waals surface area contributed by atoms with E-state index in [2.05, 4.69) is 15.6 Å². The summed E-state index contributed by atoms with van der Waals surface area (Å²) >= 11 is 0. The van der Waals surface area contributed by atoms with Gasteiger partial charge < -0.3 is 15.4 Å². The first-order valence-corrected chi connectivity index (χ1v) is 9.24. The third-order valence-corrected chi connectivity index (χ3v) is 4.47. The maximum Gasteiger partial charge on any atom is 0.416 e. The predicted molar refractivity (Wildman–Crippen MR) is 110 cm³/mol. The van der Waals surface area contributed by atoms with E-state index in [9.17, 15) is 14.4 Å². The monoisotopic (exact) mass is 402 g/mol. The van der Waals surface area contributed by atoms with Crippen LogP contribution in [-0.2, 0) is 11.3 Å². The highest BCUT2D eigenvalue weighted by atomic mass is 16.6. The lowest BCUT2D eigenvalue weighted by atomic mass is 10.1. The number of anilines is 2. The van der Waals surface area contributed by atoms with Crippen LogP contribution in [0.25, 0.3) is 0 Å². The Labute approximate surface area is 172 Å². The summed E-state index contributed by atoms with van der Waals surface area (Å²) in [6.07, 6.45) is 2.58. The number of benzene rings is 2. The Morgan fingerprint density at radius 1 is 0.967 bits per heavy atom. The van der Waals surface area contributed by atoms with Gasteiger partial charge in [-0.25, -0.2) is 4.79 Å². The number of carbonyl (C=O) groups is 3. The van der Waals surface area contributed by atoms with Crippen LogP contribution in [0.2, 0.25) is 0 Å². The van der Waals surface area contributed by atoms with Crippen molar-refractivity contribution in [3.8, 4) is 5.75 Å². The summed E-state index contributed by atoms with van der Waals surface area (Å²) in [6, 6.07) is 17.1. The Balaban J connectivity index is 1.38. The van der Waals surface area contributed by atoms with E-state index in [1.54, 1.807) is 60.9 Å². The molecule has 1 aliphatic rings. The first-order chi connectivity index (χ1) is 14.6. The highest BCUT2D eigenvalue weighted by Crippen LogP contribution is 2.25. The number of nitrogens with zero attached hydrogens (tertiary/aromatic N) is 2. The second kappa shape index (κ2) is 8.44. The predicted octanol–water partition coefficient (Wildman–Crippen LogP) is 3.29. The second-order valence-electron chi connectivity index (χ2n) is 6.65. The topological polar surface area (TPSA) is 101 Å². The number of amides is 3. The number of hydrogen-bond donors (Lipinski definition) is 2. The number of rotatable bonds is 5. The van der Waals surface area contributed by atoms with Crippen molar-refractivity contribution in [1.82, 2.24) is 9.88 Å². The molecule has 2 heterocycles. The summed E-state index contributed by atoms with van der Waals surface area (Å²) in [6.45, 7) is 0.122. The first kappa shape index (κ1) is 19.1. The fraction of sp³-hybridized carbons (Fsp3) is 0.0909. The van der Waals surface area contributed by atoms with Gasteiger partial charge in [0.05, 0.1) is 6.54 Å². The molecule has 8 nitrogen and oxygen atoms in total. The number of carbonyl (C=O) groups excluding carboxylic acids is 3. The molecular weight excluding hydrogens is 384 g/mol. The van der Waals surface area contributed by atoms with E-state index in [0.717, 1.165) is 5.56 Å². The van der Waals surface area contributed by atoms with E-state index in [1.807, 2.05) is 12.1 Å². The molecule has 4 rings (SSSR count). The Hall–Kier alpha value is -4.20. The smallest absolute Gasteiger partial charge is 0.410 e. The fourth-order valence-electron chi connectivity index (χ4n) is 3.03. The number of pyridine rings is 1. The molecule has 0 saturated heterocycles. The van der Waals surface area contributed by atoms with Crippen molar-refractivity contribution < 1.29 is 19.1 Å². The Morgan fingerprint density at radius 3 is 2.60 bits per heavy atom. The van der Waals surface area contributed by atoms with Crippen LogP contribution in [0, 0.1) is 0 Å². The van der Waals surface area contributed by atoms with Crippen LogP contribution in [0.15, 0.2) is 73.1 Å². The van der Waals surface area contributed by atoms with E-state index in [1.165, 1.54) is 4.90 Å². The summed E-state index contributed by atoms with van der Waals surface area (Å²) in [5.41, 5.74) is 2.29. The molecule has 3 aromatic rings. The van der Waals surface area contributed by atoms with Crippen molar-refractivity contribution in [2.45, 2.75) is 6.54 Å². The first-order valence-electron chi connectivity index (χ1n) is 9.24. The largest absolute Gasteiger partial charge is 0.416 e. The molecule has 0 aliphatic carbocycles. The van der Waals surface area contributed by atoms with Crippen LogP contribution in [0.3, 0.4) is 0 Å². The average Bonchev–Trinajstić information content (AvgIpc) is 2.75. The number of fused-ring (bicyclic) bond motifs is 1. The number of ether oxygens (including phenoxy) is 1. The van der Waals surface area contributed by atoms with Gasteiger partial charge in [0.2, 0.25) is 5.91 Å². The van der Waals surface area contributed by atoms with Crippen molar-refractivity contribution >= 4 is 29.3 Å². The van der Waals surface area contributed by atoms with Gasteiger partial charge in [-0.05, 0) is 36.4 Å². The highest BCUT2D eigenvalue weighted by molar-refractivity contribution is 6.05. The minimum absolute atomic E-state index is 0.166. The Kier molecular flexibility index (Phi) is 5.38. The van der Waals surface area contributed by atoms with Crippen molar-refractivity contribution in [2.75, 3.05) is 17.2 Å². The number of para-hydroxylation sites is 1. The van der Waals surface area contributed by atoms with Gasteiger partial charge >= 0.3 is 6.09 Å². The summed E-state index contributed by atoms with van der Waals surface area (Å²) in [4.78, 5) is 42.2. The van der Waals surface area contributed by atoms with Gasteiger partial charge in [0.1, 0.15) is 12.3 Å². The number of nitrogens with one attached hydrogen (secondary N) is 2. The molecule has 0 bridgehead atoms. The van der Waals surface area contributed by atoms with Gasteiger partial charge in [-0.2, -0.15) is 0 Å². The molecule has 2 aromatic carbocycles. The Morgan fingerprint density at radius 2 is 1.77 bits per heavy atom. The third-order valence-electron chi connectivity index (χ3n) is 4.47. The molecule has 150 valence electrons. The van der Waals surface area contributed by atoms with E-state index in [4.69, 9.17) is 4.74 Å². The van der Waals surface area contributed by atoms with E-state index in [-0.39, 0.29) is 19.0 Å². The van der Waals surface area contributed by atoms with Crippen LogP contribution in [0.4, 0.5) is 16.2 Å². The summed E-state index contributed by atoms with van der Waals surface area (Å²) in [5, 5.41) is 5.47. The standard InChI is InChI=1S/C22H18N4O4/c27-20(14-26-13-16-4-1-2-7-19(16)30-22(26)29)24-18-6-3-5-15(12-18)21(28)25-17-8-10-23-11-9-17/h1-12H,13-14H2,(H,24,27)(H,23,25,28). The summed E-state index contributed by atoms with van der Waals surface area (Å²) in [5.74, 6) is -0.196. The maximum atomic E-state index is 12.4. The van der Waals surface area contributed by atoms with Crippen molar-refractivity contribution in [3.05, 3.63) is 84.2 Å². The van der Waals surface area contributed by atoms with Gasteiger partial charge in [0, 0.05) is 34.9 Å². The van der Waals surface area contributed by atoms with Crippen LogP contribution < -0.4 is 15.4 Å². The van der Waals surface area contributed by atoms with Crippen molar-refractivity contribution in [3.63, 3.8) is 0 Å². The van der Waals surface area contributed by atoms with Crippen molar-refractivity contribution in [2.24, 2.45) is 0 Å². The van der Waals surface area contributed by atoms with E-state index < -0.39 is 12.0 Å². The minimum atomic E-state index is -0.575. The zero-order valence-electron chi connectivity index (χ0n) is 15.9. The Bertz CT molecular complexity index is 1100. The quantitative estimate of drug-likeness (QED) is 0.682. The molecule has 0 atom stereocenters. The maximum absolute atomic E-state index is 12.4. The summed E-state index contributed by atoms with van der Waals surface area (Å²) < 4.78 is 5.25. The number of aromatic nitrogens is 1. The van der Waals surface area contributed by atoms with E-state index >= 15 is 0 Å². The van der Waals surface area contributed by atoms with Crippen LogP contribution in [0.5, 0.6) is 5.75 Å². The van der Waals surface area contributed by atoms with Gasteiger partial charge in [0.15, 0.2) is 0 Å². The van der Waals surface area contributed by atoms with Gasteiger partial charge in [0.25, 0.3) is 5.91 Å². The molecule has 3 amide bonds. The molecule has 0 spiro atoms. The lowest BCUT2D eigenvalue weighted by Crippen LogP contribution is -2.41. The summed E-state index contributed by atoms with van der Waals surface area (Å²) in [7, 11) is 0. The van der Waals surface area contributed by atoms with E-state index in [0.29, 0.717) is 22.7 Å². The lowest BCUT2D eigenvalue weighted by molar-refractivity contribution is -0.117. The van der Waals surface area contributed by atoms with Crippen LogP contribution in [-0.4, -0.2) is 34.3 Å². The molecule has 0 unspecified atom stereocenters. The normalized spacial score (nSPS) is 12.5. The molecule has 8 heteroatoms. The fourth-order valence-corrected chi connectivity index (χ4v) is 3.03.